The van der Waals surface area contributed by atoms with Crippen molar-refractivity contribution in [3.05, 3.63) is 59.7 Å². The highest BCUT2D eigenvalue weighted by Crippen LogP contribution is 2.18. The molecule has 2 fully saturated rings. The molecule has 2 heterocycles. The van der Waals surface area contributed by atoms with Crippen LogP contribution in [0.15, 0.2) is 48.5 Å². The van der Waals surface area contributed by atoms with Crippen LogP contribution in [-0.2, 0) is 55.4 Å². The van der Waals surface area contributed by atoms with E-state index in [0.29, 0.717) is 21.3 Å². The number of nitrogens with zero attached hydrogens (tertiary/aromatic N) is 2. The van der Waals surface area contributed by atoms with Crippen molar-refractivity contribution in [2.45, 2.75) is 64.7 Å². The normalized spacial score (nSPS) is 16.0. The largest absolute Gasteiger partial charge is 0.449 e. The highest BCUT2D eigenvalue weighted by molar-refractivity contribution is 6.96. The third kappa shape index (κ3) is 7.23. The Morgan fingerprint density at radius 2 is 0.976 bits per heavy atom. The van der Waals surface area contributed by atoms with Crippen molar-refractivity contribution in [2.24, 2.45) is 0 Å². The van der Waals surface area contributed by atoms with Crippen LogP contribution in [-0.4, -0.2) is 62.3 Å². The molecule has 2 aromatic carbocycles. The third-order valence-electron chi connectivity index (χ3n) is 6.85. The molecule has 4 amide bonds. The molecule has 0 spiro atoms. The summed E-state index contributed by atoms with van der Waals surface area (Å²) in [7, 11) is -5.02. The summed E-state index contributed by atoms with van der Waals surface area (Å²) in [6.07, 6.45) is -0.0814. The molecule has 2 aliphatic rings. The Labute approximate surface area is 239 Å². The van der Waals surface area contributed by atoms with Crippen LogP contribution in [0.4, 0.5) is 0 Å². The predicted molar refractivity (Wildman–Crippen MR) is 150 cm³/mol. The lowest BCUT2D eigenvalue weighted by atomic mass is 10.1. The zero-order valence-electron chi connectivity index (χ0n) is 23.4. The molecule has 216 valence electrons. The quantitative estimate of drug-likeness (QED) is 0.295. The first-order chi connectivity index (χ1) is 19.2. The Kier molecular flexibility index (Phi) is 8.70. The van der Waals surface area contributed by atoms with Crippen LogP contribution in [0.3, 0.4) is 0 Å². The van der Waals surface area contributed by atoms with E-state index in [-0.39, 0.29) is 38.5 Å². The summed E-state index contributed by atoms with van der Waals surface area (Å²) in [6.45, 7) is 8.25. The minimum absolute atomic E-state index is 0.0337. The maximum atomic E-state index is 12.4. The van der Waals surface area contributed by atoms with E-state index in [4.69, 9.17) is 13.8 Å². The number of benzene rings is 2. The number of hydrogen-bond donors (Lipinski definition) is 0. The number of rotatable bonds is 10. The second kappa shape index (κ2) is 11.9. The Morgan fingerprint density at radius 1 is 0.634 bits per heavy atom. The highest BCUT2D eigenvalue weighted by Gasteiger charge is 2.37. The number of imide groups is 2. The van der Waals surface area contributed by atoms with E-state index in [9.17, 15) is 28.8 Å². The molecule has 0 aliphatic carbocycles. The van der Waals surface area contributed by atoms with Crippen molar-refractivity contribution in [1.82, 2.24) is 10.1 Å². The van der Waals surface area contributed by atoms with Crippen molar-refractivity contribution in [1.29, 1.82) is 0 Å². The van der Waals surface area contributed by atoms with Crippen LogP contribution in [0.1, 0.15) is 36.8 Å². The SMILES string of the molecule is C[Si](C)(O[Si](C)(C)c1cccc(CC(=O)ON2C(=O)CCC2=O)c1)c1cccc(CC(=O)ON2C(=O)CCC2=O)c1. The minimum atomic E-state index is -2.51. The first-order valence-electron chi connectivity index (χ1n) is 13.3. The van der Waals surface area contributed by atoms with E-state index in [2.05, 4.69) is 26.2 Å². The lowest BCUT2D eigenvalue weighted by molar-refractivity contribution is -0.197. The average Bonchev–Trinajstić information content (AvgIpc) is 3.38. The van der Waals surface area contributed by atoms with E-state index in [0.717, 1.165) is 10.4 Å². The predicted octanol–water partition coefficient (Wildman–Crippen LogP) is 1.53. The molecular weight excluding hydrogens is 564 g/mol. The fraction of sp³-hybridized carbons (Fsp3) is 0.357. The topological polar surface area (TPSA) is 137 Å². The second-order valence-electron chi connectivity index (χ2n) is 11.0. The molecule has 0 radical (unpaired) electrons. The number of carbonyl (C=O) groups is 6. The van der Waals surface area contributed by atoms with Gasteiger partial charge in [0.15, 0.2) is 0 Å². The summed E-state index contributed by atoms with van der Waals surface area (Å²) in [4.78, 5) is 81.8. The van der Waals surface area contributed by atoms with Gasteiger partial charge in [0, 0.05) is 25.7 Å². The third-order valence-corrected chi connectivity index (χ3v) is 14.3. The molecule has 0 saturated carbocycles. The minimum Gasteiger partial charge on any atom is -0.449 e. The molecule has 0 unspecified atom stereocenters. The van der Waals surface area contributed by atoms with E-state index in [1.54, 1.807) is 12.1 Å². The molecule has 0 aromatic heterocycles. The maximum Gasteiger partial charge on any atom is 0.337 e. The van der Waals surface area contributed by atoms with Gasteiger partial charge in [-0.2, -0.15) is 0 Å². The summed E-state index contributed by atoms with van der Waals surface area (Å²) in [5.74, 6) is -3.50. The van der Waals surface area contributed by atoms with E-state index in [1.807, 2.05) is 36.4 Å². The van der Waals surface area contributed by atoms with Gasteiger partial charge in [0.05, 0.1) is 12.8 Å². The smallest absolute Gasteiger partial charge is 0.337 e. The van der Waals surface area contributed by atoms with Crippen LogP contribution >= 0.6 is 0 Å². The number of hydrogen-bond acceptors (Lipinski definition) is 9. The number of amides is 4. The molecule has 11 nitrogen and oxygen atoms in total. The van der Waals surface area contributed by atoms with Crippen LogP contribution in [0, 0.1) is 0 Å². The Balaban J connectivity index is 1.41. The van der Waals surface area contributed by atoms with E-state index in [1.165, 1.54) is 0 Å². The van der Waals surface area contributed by atoms with Crippen molar-refractivity contribution in [2.75, 3.05) is 0 Å². The van der Waals surface area contributed by atoms with Gasteiger partial charge < -0.3 is 13.8 Å². The van der Waals surface area contributed by atoms with Gasteiger partial charge >= 0.3 is 11.9 Å². The van der Waals surface area contributed by atoms with Gasteiger partial charge in [-0.15, -0.1) is 10.1 Å². The maximum absolute atomic E-state index is 12.4. The Hall–Kier alpha value is -3.95. The first kappa shape index (κ1) is 30.0. The van der Waals surface area contributed by atoms with Gasteiger partial charge in [0.1, 0.15) is 0 Å². The lowest BCUT2D eigenvalue weighted by Crippen LogP contribution is -2.57. The second-order valence-corrected chi connectivity index (χ2v) is 19.0. The van der Waals surface area contributed by atoms with Gasteiger partial charge in [-0.05, 0) is 47.7 Å². The monoisotopic (exact) mass is 596 g/mol. The lowest BCUT2D eigenvalue weighted by Gasteiger charge is -2.35. The van der Waals surface area contributed by atoms with Gasteiger partial charge in [-0.3, -0.25) is 19.2 Å². The van der Waals surface area contributed by atoms with Gasteiger partial charge in [0.2, 0.25) is 16.6 Å². The highest BCUT2D eigenvalue weighted by atomic mass is 28.4. The zero-order chi connectivity index (χ0) is 29.9. The van der Waals surface area contributed by atoms with Crippen LogP contribution < -0.4 is 10.4 Å². The Bertz CT molecular complexity index is 1290. The molecule has 41 heavy (non-hydrogen) atoms. The van der Waals surface area contributed by atoms with E-state index < -0.39 is 52.2 Å². The van der Waals surface area contributed by atoms with Gasteiger partial charge in [-0.25, -0.2) is 9.59 Å². The van der Waals surface area contributed by atoms with Gasteiger partial charge in [-0.1, -0.05) is 48.5 Å². The summed E-state index contributed by atoms with van der Waals surface area (Å²) in [6, 6.07) is 14.9. The molecule has 13 heteroatoms. The molecule has 0 bridgehead atoms. The van der Waals surface area contributed by atoms with Gasteiger partial charge in [0.25, 0.3) is 23.6 Å². The van der Waals surface area contributed by atoms with Crippen molar-refractivity contribution < 1.29 is 42.6 Å². The summed E-state index contributed by atoms with van der Waals surface area (Å²) in [5.41, 5.74) is 1.34. The molecule has 2 saturated heterocycles. The molecule has 2 aliphatic heterocycles. The van der Waals surface area contributed by atoms with Crippen LogP contribution in [0.25, 0.3) is 0 Å². The molecule has 2 aromatic rings. The molecule has 0 atom stereocenters. The van der Waals surface area contributed by atoms with Crippen molar-refractivity contribution >= 4 is 62.6 Å². The number of hydroxylamine groups is 4. The van der Waals surface area contributed by atoms with Crippen molar-refractivity contribution in [3.63, 3.8) is 0 Å². The molecule has 0 N–H and O–H groups in total. The van der Waals surface area contributed by atoms with E-state index >= 15 is 0 Å². The average molecular weight is 597 g/mol. The summed E-state index contributed by atoms with van der Waals surface area (Å²) < 4.78 is 6.84. The molecule has 4 rings (SSSR count). The fourth-order valence-corrected chi connectivity index (χ4v) is 12.9. The zero-order valence-corrected chi connectivity index (χ0v) is 25.4. The van der Waals surface area contributed by atoms with Crippen LogP contribution in [0.2, 0.25) is 26.2 Å². The summed E-state index contributed by atoms with van der Waals surface area (Å²) >= 11 is 0. The first-order valence-corrected chi connectivity index (χ1v) is 19.1. The summed E-state index contributed by atoms with van der Waals surface area (Å²) in [5, 5.41) is 3.00. The fourth-order valence-electron chi connectivity index (χ4n) is 4.78. The standard InChI is InChI=1S/C28H32N2O9Si2/c1-40(2,21-9-5-7-19(15-21)17-27(35)37-29-23(31)11-12-24(29)32)39-41(3,4)22-10-6-8-20(16-22)18-28(36)38-30-25(33)13-14-26(30)34/h5-10,15-16H,11-14,17-18H2,1-4H3. The number of carbonyl (C=O) groups excluding carboxylic acids is 6. The Morgan fingerprint density at radius 3 is 1.32 bits per heavy atom. The van der Waals surface area contributed by atoms with Crippen LogP contribution in [0.5, 0.6) is 0 Å². The molecular formula is C28H32N2O9Si2. The van der Waals surface area contributed by atoms with Crippen molar-refractivity contribution in [3.8, 4) is 0 Å².